The molecular weight excluding hydrogens is 206 g/mol. The second-order valence-electron chi connectivity index (χ2n) is 4.53. The molecule has 2 nitrogen and oxygen atoms in total. The fourth-order valence-electron chi connectivity index (χ4n) is 2.15. The van der Waals surface area contributed by atoms with Gasteiger partial charge < -0.3 is 0 Å². The van der Waals surface area contributed by atoms with Gasteiger partial charge in [0.25, 0.3) is 0 Å². The molecule has 15 heavy (non-hydrogen) atoms. The Morgan fingerprint density at radius 1 is 1.33 bits per heavy atom. The first-order chi connectivity index (χ1) is 7.24. The minimum atomic E-state index is 0.371. The van der Waals surface area contributed by atoms with E-state index in [2.05, 4.69) is 18.2 Å². The molecule has 1 rings (SSSR count). The molecule has 1 aliphatic carbocycles. The van der Waals surface area contributed by atoms with Gasteiger partial charge in [0.15, 0.2) is 0 Å². The van der Waals surface area contributed by atoms with E-state index in [0.29, 0.717) is 18.2 Å². The summed E-state index contributed by atoms with van der Waals surface area (Å²) in [6, 6.07) is 0. The molecule has 0 aliphatic heterocycles. The highest BCUT2D eigenvalue weighted by Gasteiger charge is 2.21. The first kappa shape index (κ1) is 13.0. The Hall–Kier alpha value is -0.0200. The second kappa shape index (κ2) is 7.29. The van der Waals surface area contributed by atoms with Gasteiger partial charge >= 0.3 is 0 Å². The van der Waals surface area contributed by atoms with Crippen LogP contribution in [0.1, 0.15) is 32.1 Å². The predicted octanol–water partition coefficient (Wildman–Crippen LogP) is 2.43. The molecule has 0 N–H and O–H groups in total. The van der Waals surface area contributed by atoms with Gasteiger partial charge in [-0.3, -0.25) is 9.69 Å². The van der Waals surface area contributed by atoms with Gasteiger partial charge in [0.2, 0.25) is 0 Å². The van der Waals surface area contributed by atoms with Crippen molar-refractivity contribution in [2.24, 2.45) is 5.92 Å². The summed E-state index contributed by atoms with van der Waals surface area (Å²) in [6.07, 6.45) is 8.21. The van der Waals surface area contributed by atoms with E-state index in [0.717, 1.165) is 25.1 Å². The predicted molar refractivity (Wildman–Crippen MR) is 67.5 cm³/mol. The van der Waals surface area contributed by atoms with Gasteiger partial charge in [0.05, 0.1) is 6.54 Å². The Kier molecular flexibility index (Phi) is 6.34. The summed E-state index contributed by atoms with van der Waals surface area (Å²) >= 11 is 1.84. The molecule has 0 aromatic carbocycles. The minimum absolute atomic E-state index is 0.371. The molecule has 0 amide bonds. The third-order valence-corrected chi connectivity index (χ3v) is 3.75. The van der Waals surface area contributed by atoms with E-state index in [1.807, 2.05) is 11.8 Å². The van der Waals surface area contributed by atoms with Gasteiger partial charge in [-0.25, -0.2) is 0 Å². The molecule has 1 aliphatic rings. The van der Waals surface area contributed by atoms with Crippen molar-refractivity contribution in [3.8, 4) is 0 Å². The van der Waals surface area contributed by atoms with Crippen molar-refractivity contribution in [2.75, 3.05) is 32.1 Å². The van der Waals surface area contributed by atoms with Crippen LogP contribution in [0.2, 0.25) is 0 Å². The highest BCUT2D eigenvalue weighted by Crippen LogP contribution is 2.24. The minimum Gasteiger partial charge on any atom is -0.298 e. The molecular formula is C12H23NOS. The van der Waals surface area contributed by atoms with Gasteiger partial charge in [0, 0.05) is 18.2 Å². The summed E-state index contributed by atoms with van der Waals surface area (Å²) in [5.41, 5.74) is 0. The van der Waals surface area contributed by atoms with Crippen LogP contribution in [0.15, 0.2) is 0 Å². The summed E-state index contributed by atoms with van der Waals surface area (Å²) in [6.45, 7) is 1.69. The maximum Gasteiger partial charge on any atom is 0.149 e. The highest BCUT2D eigenvalue weighted by atomic mass is 32.2. The number of likely N-dealkylation sites (N-methyl/N-ethyl adjacent to an activating group) is 1. The topological polar surface area (TPSA) is 20.3 Å². The van der Waals surface area contributed by atoms with E-state index >= 15 is 0 Å². The number of carbonyl (C=O) groups is 1. The number of rotatable bonds is 6. The molecule has 0 aromatic rings. The highest BCUT2D eigenvalue weighted by molar-refractivity contribution is 7.98. The lowest BCUT2D eigenvalue weighted by Crippen LogP contribution is -2.32. The Morgan fingerprint density at radius 2 is 2.00 bits per heavy atom. The molecule has 0 atom stereocenters. The molecule has 1 saturated carbocycles. The summed E-state index contributed by atoms with van der Waals surface area (Å²) < 4.78 is 0. The van der Waals surface area contributed by atoms with Crippen LogP contribution in [0.3, 0.4) is 0 Å². The molecule has 0 radical (unpaired) electrons. The first-order valence-electron chi connectivity index (χ1n) is 5.94. The van der Waals surface area contributed by atoms with Crippen LogP contribution in [0, 0.1) is 5.92 Å². The monoisotopic (exact) mass is 229 g/mol. The number of hydrogen-bond acceptors (Lipinski definition) is 3. The van der Waals surface area contributed by atoms with Crippen molar-refractivity contribution >= 4 is 17.5 Å². The Labute approximate surface area is 97.8 Å². The van der Waals surface area contributed by atoms with Gasteiger partial charge in [0.1, 0.15) is 5.78 Å². The number of hydrogen-bond donors (Lipinski definition) is 0. The molecule has 0 spiro atoms. The van der Waals surface area contributed by atoms with Crippen LogP contribution in [-0.2, 0) is 4.79 Å². The lowest BCUT2D eigenvalue weighted by molar-refractivity contribution is -0.124. The zero-order valence-corrected chi connectivity index (χ0v) is 10.8. The third kappa shape index (κ3) is 5.03. The summed E-state index contributed by atoms with van der Waals surface area (Å²) in [4.78, 5) is 14.1. The lowest BCUT2D eigenvalue weighted by Gasteiger charge is -2.23. The SMILES string of the molecule is CSCCN(C)CC(=O)C1CCCCC1. The largest absolute Gasteiger partial charge is 0.298 e. The van der Waals surface area contributed by atoms with Crippen LogP contribution >= 0.6 is 11.8 Å². The van der Waals surface area contributed by atoms with E-state index in [9.17, 15) is 4.79 Å². The average Bonchev–Trinajstić information content (AvgIpc) is 2.27. The molecule has 0 bridgehead atoms. The Bertz CT molecular complexity index is 190. The van der Waals surface area contributed by atoms with Gasteiger partial charge in [-0.05, 0) is 26.1 Å². The van der Waals surface area contributed by atoms with E-state index in [1.165, 1.54) is 19.3 Å². The van der Waals surface area contributed by atoms with Crippen LogP contribution in [0.4, 0.5) is 0 Å². The fourth-order valence-corrected chi connectivity index (χ4v) is 2.64. The molecule has 88 valence electrons. The molecule has 1 fully saturated rings. The van der Waals surface area contributed by atoms with Crippen molar-refractivity contribution in [3.63, 3.8) is 0 Å². The third-order valence-electron chi connectivity index (χ3n) is 3.16. The number of nitrogens with zero attached hydrogens (tertiary/aromatic N) is 1. The number of thioether (sulfide) groups is 1. The van der Waals surface area contributed by atoms with Gasteiger partial charge in [-0.1, -0.05) is 19.3 Å². The molecule has 0 heterocycles. The summed E-state index contributed by atoms with van der Waals surface area (Å²) in [5, 5.41) is 0. The Balaban J connectivity index is 2.21. The van der Waals surface area contributed by atoms with E-state index in [4.69, 9.17) is 0 Å². The average molecular weight is 229 g/mol. The van der Waals surface area contributed by atoms with E-state index in [-0.39, 0.29) is 0 Å². The van der Waals surface area contributed by atoms with Crippen LogP contribution in [0.5, 0.6) is 0 Å². The van der Waals surface area contributed by atoms with Crippen molar-refractivity contribution in [1.82, 2.24) is 4.90 Å². The molecule has 0 aromatic heterocycles. The number of ketones is 1. The normalized spacial score (nSPS) is 18.3. The van der Waals surface area contributed by atoms with E-state index in [1.54, 1.807) is 0 Å². The van der Waals surface area contributed by atoms with Crippen LogP contribution in [-0.4, -0.2) is 42.8 Å². The number of carbonyl (C=O) groups excluding carboxylic acids is 1. The summed E-state index contributed by atoms with van der Waals surface area (Å²) in [7, 11) is 2.05. The first-order valence-corrected chi connectivity index (χ1v) is 7.33. The number of Topliss-reactive ketones (excluding diaryl/α,β-unsaturated/α-hetero) is 1. The van der Waals surface area contributed by atoms with Crippen LogP contribution in [0.25, 0.3) is 0 Å². The zero-order valence-electron chi connectivity index (χ0n) is 10.00. The maximum atomic E-state index is 11.9. The maximum absolute atomic E-state index is 11.9. The second-order valence-corrected chi connectivity index (χ2v) is 5.52. The smallest absolute Gasteiger partial charge is 0.149 e. The van der Waals surface area contributed by atoms with Gasteiger partial charge in [-0.2, -0.15) is 11.8 Å². The van der Waals surface area contributed by atoms with E-state index < -0.39 is 0 Å². The molecule has 3 heteroatoms. The molecule has 0 saturated heterocycles. The standard InChI is InChI=1S/C12H23NOS/c1-13(8-9-15-2)10-12(14)11-6-4-3-5-7-11/h11H,3-10H2,1-2H3. The van der Waals surface area contributed by atoms with Crippen molar-refractivity contribution in [1.29, 1.82) is 0 Å². The Morgan fingerprint density at radius 3 is 2.60 bits per heavy atom. The fraction of sp³-hybridized carbons (Fsp3) is 0.917. The van der Waals surface area contributed by atoms with Crippen molar-refractivity contribution in [3.05, 3.63) is 0 Å². The van der Waals surface area contributed by atoms with Crippen LogP contribution < -0.4 is 0 Å². The zero-order chi connectivity index (χ0) is 11.1. The van der Waals surface area contributed by atoms with Crippen molar-refractivity contribution < 1.29 is 4.79 Å². The summed E-state index contributed by atoms with van der Waals surface area (Å²) in [5.74, 6) is 1.96. The lowest BCUT2D eigenvalue weighted by atomic mass is 9.86. The quantitative estimate of drug-likeness (QED) is 0.698. The van der Waals surface area contributed by atoms with Crippen molar-refractivity contribution in [2.45, 2.75) is 32.1 Å². The van der Waals surface area contributed by atoms with Gasteiger partial charge in [-0.15, -0.1) is 0 Å². The molecule has 0 unspecified atom stereocenters.